The number of esters is 1. The maximum atomic E-state index is 12.8. The van der Waals surface area contributed by atoms with Crippen LogP contribution in [0.5, 0.6) is 0 Å². The van der Waals surface area contributed by atoms with Crippen LogP contribution in [-0.4, -0.2) is 50.4 Å². The molecule has 1 heterocycles. The lowest BCUT2D eigenvalue weighted by atomic mass is 9.73. The fraction of sp³-hybridized carbons (Fsp3) is 0.243. The second-order valence-corrected chi connectivity index (χ2v) is 11.7. The van der Waals surface area contributed by atoms with Gasteiger partial charge < -0.3 is 19.2 Å². The first kappa shape index (κ1) is 31.2. The Morgan fingerprint density at radius 1 is 0.911 bits per heavy atom. The molecule has 8 nitrogen and oxygen atoms in total. The number of hydrogen-bond acceptors (Lipinski definition) is 8. The molecule has 0 radical (unpaired) electrons. The minimum absolute atomic E-state index is 0.0562. The molecule has 0 unspecified atom stereocenters. The van der Waals surface area contributed by atoms with Crippen LogP contribution in [0.15, 0.2) is 119 Å². The van der Waals surface area contributed by atoms with Crippen molar-refractivity contribution in [3.8, 4) is 0 Å². The van der Waals surface area contributed by atoms with Gasteiger partial charge in [-0.15, -0.1) is 0 Å². The number of oxime groups is 1. The molecule has 0 fully saturated rings. The molecule has 0 saturated carbocycles. The number of ether oxygens (including phenoxy) is 2. The fourth-order valence-corrected chi connectivity index (χ4v) is 5.56. The van der Waals surface area contributed by atoms with Crippen LogP contribution in [0.3, 0.4) is 0 Å². The first-order valence-corrected chi connectivity index (χ1v) is 14.9. The van der Waals surface area contributed by atoms with Crippen molar-refractivity contribution >= 4 is 35.9 Å². The van der Waals surface area contributed by atoms with Gasteiger partial charge in [0.1, 0.15) is 18.9 Å². The third kappa shape index (κ3) is 8.23. The van der Waals surface area contributed by atoms with Crippen LogP contribution < -0.4 is 4.90 Å². The quantitative estimate of drug-likeness (QED) is 0.0762. The number of rotatable bonds is 12. The summed E-state index contributed by atoms with van der Waals surface area (Å²) in [5.74, 6) is -0.803. The highest BCUT2D eigenvalue weighted by Gasteiger charge is 2.34. The number of hydrogen-bond donors (Lipinski definition) is 0. The largest absolute Gasteiger partial charge is 0.466 e. The maximum absolute atomic E-state index is 12.8. The molecule has 230 valence electrons. The molecule has 3 aromatic rings. The zero-order chi connectivity index (χ0) is 31.6. The molecular formula is C37H36N2O6. The van der Waals surface area contributed by atoms with Crippen molar-refractivity contribution in [1.29, 1.82) is 0 Å². The number of carbonyl (C=O) groups excluding carboxylic acids is 3. The van der Waals surface area contributed by atoms with Gasteiger partial charge in [-0.2, -0.15) is 0 Å². The summed E-state index contributed by atoms with van der Waals surface area (Å²) in [4.78, 5) is 43.0. The second-order valence-electron chi connectivity index (χ2n) is 11.7. The van der Waals surface area contributed by atoms with Crippen molar-refractivity contribution in [3.63, 3.8) is 0 Å². The van der Waals surface area contributed by atoms with Crippen LogP contribution >= 0.6 is 0 Å². The van der Waals surface area contributed by atoms with E-state index >= 15 is 0 Å². The lowest BCUT2D eigenvalue weighted by Gasteiger charge is -2.31. The van der Waals surface area contributed by atoms with Gasteiger partial charge in [0.25, 0.3) is 6.47 Å². The van der Waals surface area contributed by atoms with Crippen molar-refractivity contribution < 1.29 is 28.7 Å². The summed E-state index contributed by atoms with van der Waals surface area (Å²) in [5.41, 5.74) is 6.33. The van der Waals surface area contributed by atoms with Gasteiger partial charge in [-0.25, -0.2) is 9.59 Å². The van der Waals surface area contributed by atoms with Crippen molar-refractivity contribution in [2.45, 2.75) is 26.7 Å². The van der Waals surface area contributed by atoms with E-state index in [0.717, 1.165) is 40.8 Å². The van der Waals surface area contributed by atoms with E-state index in [-0.39, 0.29) is 24.6 Å². The van der Waals surface area contributed by atoms with Gasteiger partial charge in [0.05, 0.1) is 24.2 Å². The molecular weight excluding hydrogens is 568 g/mol. The Balaban J connectivity index is 1.30. The normalized spacial score (nSPS) is 17.3. The molecule has 0 saturated heterocycles. The second kappa shape index (κ2) is 14.5. The summed E-state index contributed by atoms with van der Waals surface area (Å²) < 4.78 is 10.4. The molecule has 0 spiro atoms. The first-order valence-electron chi connectivity index (χ1n) is 14.9. The minimum Gasteiger partial charge on any atom is -0.466 e. The van der Waals surface area contributed by atoms with Gasteiger partial charge in [-0.05, 0) is 59.2 Å². The number of nitrogens with zero attached hydrogens (tertiary/aromatic N) is 2. The maximum Gasteiger partial charge on any atom is 0.368 e. The Kier molecular flexibility index (Phi) is 10.0. The van der Waals surface area contributed by atoms with Gasteiger partial charge in [0.15, 0.2) is 0 Å². The Bertz CT molecular complexity index is 1640. The van der Waals surface area contributed by atoms with Crippen LogP contribution in [0.25, 0.3) is 6.08 Å². The highest BCUT2D eigenvalue weighted by molar-refractivity contribution is 6.29. The molecule has 2 aliphatic rings. The third-order valence-electron chi connectivity index (χ3n) is 7.64. The van der Waals surface area contributed by atoms with Gasteiger partial charge in [0.2, 0.25) is 0 Å². The lowest BCUT2D eigenvalue weighted by Crippen LogP contribution is -2.31. The first-order chi connectivity index (χ1) is 21.8. The molecule has 0 N–H and O–H groups in total. The van der Waals surface area contributed by atoms with E-state index in [4.69, 9.17) is 14.3 Å². The Hall–Kier alpha value is -5.24. The van der Waals surface area contributed by atoms with E-state index in [0.29, 0.717) is 36.4 Å². The predicted octanol–water partition coefficient (Wildman–Crippen LogP) is 6.54. The molecule has 0 amide bonds. The average molecular weight is 605 g/mol. The summed E-state index contributed by atoms with van der Waals surface area (Å²) in [6.07, 6.45) is 7.83. The summed E-state index contributed by atoms with van der Waals surface area (Å²) in [7, 11) is 0. The van der Waals surface area contributed by atoms with Crippen LogP contribution in [0.2, 0.25) is 0 Å². The SMILES string of the molecule is CC1(C)CC(/C=C/c2ccc(N(CCOC=O)CCOC(=O)c3ccccc3)cc2)=CC(=C2/C(=O)ON=C2c2ccccc2)/C1. The van der Waals surface area contributed by atoms with Gasteiger partial charge in [-0.3, -0.25) is 4.79 Å². The van der Waals surface area contributed by atoms with Crippen molar-refractivity contribution in [2.75, 3.05) is 31.2 Å². The average Bonchev–Trinajstić information content (AvgIpc) is 3.44. The zero-order valence-electron chi connectivity index (χ0n) is 25.5. The van der Waals surface area contributed by atoms with Gasteiger partial charge >= 0.3 is 11.9 Å². The minimum atomic E-state index is -0.422. The monoisotopic (exact) mass is 604 g/mol. The molecule has 1 aliphatic heterocycles. The third-order valence-corrected chi connectivity index (χ3v) is 7.64. The van der Waals surface area contributed by atoms with Crippen LogP contribution in [0.1, 0.15) is 48.2 Å². The Labute approximate surface area is 263 Å². The smallest absolute Gasteiger partial charge is 0.368 e. The Morgan fingerprint density at radius 2 is 1.60 bits per heavy atom. The van der Waals surface area contributed by atoms with E-state index in [9.17, 15) is 14.4 Å². The molecule has 45 heavy (non-hydrogen) atoms. The topological polar surface area (TPSA) is 94.5 Å². The zero-order valence-corrected chi connectivity index (χ0v) is 25.5. The van der Waals surface area contributed by atoms with E-state index in [1.165, 1.54) is 0 Å². The van der Waals surface area contributed by atoms with Crippen molar-refractivity contribution in [3.05, 3.63) is 130 Å². The van der Waals surface area contributed by atoms with E-state index in [1.807, 2.05) is 65.6 Å². The predicted molar refractivity (Wildman–Crippen MR) is 174 cm³/mol. The highest BCUT2D eigenvalue weighted by atomic mass is 16.7. The van der Waals surface area contributed by atoms with Gasteiger partial charge in [0, 0.05) is 11.3 Å². The standard InChI is InChI=1S/C37H36N2O6/c1-37(2)24-28(23-31(25-37)33-34(38-45-36(33)42)29-9-5-3-6-10-29)14-13-27-15-17-32(18-16-27)39(19-21-43-26-40)20-22-44-35(41)30-11-7-4-8-12-30/h3-18,23,26H,19-22,24-25H2,1-2H3/b14-13+,33-31-. The van der Waals surface area contributed by atoms with Crippen LogP contribution in [0.4, 0.5) is 5.69 Å². The summed E-state index contributed by atoms with van der Waals surface area (Å²) in [6.45, 7) is 6.10. The highest BCUT2D eigenvalue weighted by Crippen LogP contribution is 2.41. The lowest BCUT2D eigenvalue weighted by molar-refractivity contribution is -0.137. The molecule has 5 rings (SSSR count). The molecule has 0 aromatic heterocycles. The van der Waals surface area contributed by atoms with E-state index in [1.54, 1.807) is 24.3 Å². The summed E-state index contributed by atoms with van der Waals surface area (Å²) in [5, 5.41) is 4.11. The molecule has 0 atom stereocenters. The van der Waals surface area contributed by atoms with E-state index in [2.05, 4.69) is 37.2 Å². The van der Waals surface area contributed by atoms with Crippen LogP contribution in [-0.2, 0) is 23.9 Å². The molecule has 3 aromatic carbocycles. The van der Waals surface area contributed by atoms with Crippen LogP contribution in [0, 0.1) is 5.41 Å². The molecule has 8 heteroatoms. The van der Waals surface area contributed by atoms with E-state index < -0.39 is 5.97 Å². The molecule has 1 aliphatic carbocycles. The summed E-state index contributed by atoms with van der Waals surface area (Å²) >= 11 is 0. The number of allylic oxidation sites excluding steroid dienone is 4. The summed E-state index contributed by atoms with van der Waals surface area (Å²) in [6, 6.07) is 26.5. The van der Waals surface area contributed by atoms with Crippen molar-refractivity contribution in [2.24, 2.45) is 10.6 Å². The number of anilines is 1. The fourth-order valence-electron chi connectivity index (χ4n) is 5.56. The Morgan fingerprint density at radius 3 is 2.31 bits per heavy atom. The van der Waals surface area contributed by atoms with Crippen molar-refractivity contribution in [1.82, 2.24) is 0 Å². The molecule has 0 bridgehead atoms. The number of benzene rings is 3. The van der Waals surface area contributed by atoms with Gasteiger partial charge in [-0.1, -0.05) is 97.9 Å². The number of carbonyl (C=O) groups is 3.